The maximum atomic E-state index is 13.5. The van der Waals surface area contributed by atoms with Crippen LogP contribution in [-0.4, -0.2) is 40.0 Å². The zero-order chi connectivity index (χ0) is 18.6. The molecule has 0 aliphatic rings. The minimum absolute atomic E-state index is 0.0132. The number of nitrogens with zero attached hydrogens (tertiary/aromatic N) is 1. The molecule has 25 heavy (non-hydrogen) atoms. The molecule has 0 aliphatic carbocycles. The highest BCUT2D eigenvalue weighted by Crippen LogP contribution is 2.36. The third kappa shape index (κ3) is 4.63. The van der Waals surface area contributed by atoms with E-state index in [1.807, 2.05) is 0 Å². The third-order valence-corrected chi connectivity index (χ3v) is 6.04. The van der Waals surface area contributed by atoms with Gasteiger partial charge in [0.1, 0.15) is 11.5 Å². The fourth-order valence-electron chi connectivity index (χ4n) is 2.06. The van der Waals surface area contributed by atoms with Gasteiger partial charge in [-0.15, -0.1) is 0 Å². The van der Waals surface area contributed by atoms with Crippen LogP contribution in [0.15, 0.2) is 45.8 Å². The molecule has 0 aliphatic heterocycles. The van der Waals surface area contributed by atoms with Gasteiger partial charge in [-0.3, -0.25) is 0 Å². The summed E-state index contributed by atoms with van der Waals surface area (Å²) in [6.45, 7) is 0.00463. The molecule has 2 rings (SSSR count). The molecule has 5 nitrogen and oxygen atoms in total. The van der Waals surface area contributed by atoms with E-state index >= 15 is 0 Å². The van der Waals surface area contributed by atoms with E-state index < -0.39 is 15.8 Å². The Kier molecular flexibility index (Phi) is 6.67. The maximum absolute atomic E-state index is 13.5. The van der Waals surface area contributed by atoms with Crippen molar-refractivity contribution in [2.45, 2.75) is 4.90 Å². The quantitative estimate of drug-likeness (QED) is 0.638. The normalized spacial score (nSPS) is 11.6. The molecule has 0 unspecified atom stereocenters. The van der Waals surface area contributed by atoms with Crippen LogP contribution in [-0.2, 0) is 10.0 Å². The van der Waals surface area contributed by atoms with Crippen LogP contribution in [0.1, 0.15) is 0 Å². The SMILES string of the molecule is COc1c(Br)cc(Cl)cc1S(=O)(=O)N(C)CCOc1ccccc1F. The summed E-state index contributed by atoms with van der Waals surface area (Å²) in [4.78, 5) is -0.0669. The average molecular weight is 453 g/mol. The molecule has 0 bridgehead atoms. The van der Waals surface area contributed by atoms with E-state index in [9.17, 15) is 12.8 Å². The highest BCUT2D eigenvalue weighted by atomic mass is 79.9. The molecule has 136 valence electrons. The summed E-state index contributed by atoms with van der Waals surface area (Å²) in [7, 11) is -1.10. The molecule has 0 saturated heterocycles. The molecule has 2 aromatic carbocycles. The number of hydrogen-bond donors (Lipinski definition) is 0. The third-order valence-electron chi connectivity index (χ3n) is 3.37. The van der Waals surface area contributed by atoms with Crippen molar-refractivity contribution in [3.8, 4) is 11.5 Å². The minimum atomic E-state index is -3.87. The first-order chi connectivity index (χ1) is 11.8. The van der Waals surface area contributed by atoms with Crippen molar-refractivity contribution in [3.05, 3.63) is 51.7 Å². The largest absolute Gasteiger partial charge is 0.494 e. The Morgan fingerprint density at radius 3 is 2.60 bits per heavy atom. The lowest BCUT2D eigenvalue weighted by molar-refractivity contribution is 0.275. The molecule has 0 fully saturated rings. The molecular formula is C16H16BrClFNO4S. The lowest BCUT2D eigenvalue weighted by Crippen LogP contribution is -2.31. The van der Waals surface area contributed by atoms with Gasteiger partial charge in [-0.05, 0) is 40.2 Å². The van der Waals surface area contributed by atoms with Gasteiger partial charge in [0, 0.05) is 18.6 Å². The minimum Gasteiger partial charge on any atom is -0.494 e. The van der Waals surface area contributed by atoms with E-state index in [0.29, 0.717) is 4.47 Å². The van der Waals surface area contributed by atoms with Crippen LogP contribution in [0.3, 0.4) is 0 Å². The van der Waals surface area contributed by atoms with Crippen LogP contribution in [0, 0.1) is 5.82 Å². The summed E-state index contributed by atoms with van der Waals surface area (Å²) in [5, 5.41) is 0.252. The van der Waals surface area contributed by atoms with E-state index in [1.54, 1.807) is 18.2 Å². The first-order valence-electron chi connectivity index (χ1n) is 7.14. The van der Waals surface area contributed by atoms with Crippen LogP contribution in [0.5, 0.6) is 11.5 Å². The number of hydrogen-bond acceptors (Lipinski definition) is 4. The smallest absolute Gasteiger partial charge is 0.246 e. The van der Waals surface area contributed by atoms with Gasteiger partial charge < -0.3 is 9.47 Å². The van der Waals surface area contributed by atoms with Crippen LogP contribution in [0.25, 0.3) is 0 Å². The van der Waals surface area contributed by atoms with Crippen molar-refractivity contribution in [2.24, 2.45) is 0 Å². The molecule has 0 N–H and O–H groups in total. The molecule has 0 atom stereocenters. The van der Waals surface area contributed by atoms with Gasteiger partial charge in [-0.1, -0.05) is 23.7 Å². The Labute approximate surface area is 159 Å². The summed E-state index contributed by atoms with van der Waals surface area (Å²) < 4.78 is 51.0. The van der Waals surface area contributed by atoms with Gasteiger partial charge in [0.05, 0.1) is 11.6 Å². The maximum Gasteiger partial charge on any atom is 0.246 e. The number of ether oxygens (including phenoxy) is 2. The summed E-state index contributed by atoms with van der Waals surface area (Å²) >= 11 is 9.19. The van der Waals surface area contributed by atoms with Gasteiger partial charge in [0.2, 0.25) is 10.0 Å². The lowest BCUT2D eigenvalue weighted by Gasteiger charge is -2.20. The van der Waals surface area contributed by atoms with E-state index in [1.165, 1.54) is 32.4 Å². The fourth-order valence-corrected chi connectivity index (χ4v) is 4.58. The number of para-hydroxylation sites is 1. The number of halogens is 3. The van der Waals surface area contributed by atoms with E-state index in [-0.39, 0.29) is 34.6 Å². The monoisotopic (exact) mass is 451 g/mol. The first kappa shape index (κ1) is 20.0. The Hall–Kier alpha value is -1.35. The molecule has 0 heterocycles. The Bertz CT molecular complexity index is 863. The van der Waals surface area contributed by atoms with Gasteiger partial charge >= 0.3 is 0 Å². The predicted octanol–water partition coefficient (Wildman–Crippen LogP) is 3.95. The Morgan fingerprint density at radius 2 is 1.96 bits per heavy atom. The second kappa shape index (κ2) is 8.35. The summed E-state index contributed by atoms with van der Waals surface area (Å²) in [6, 6.07) is 8.77. The van der Waals surface area contributed by atoms with Crippen LogP contribution in [0.4, 0.5) is 4.39 Å². The molecule has 0 aromatic heterocycles. The number of rotatable bonds is 7. The highest BCUT2D eigenvalue weighted by molar-refractivity contribution is 9.10. The Morgan fingerprint density at radius 1 is 1.28 bits per heavy atom. The van der Waals surface area contributed by atoms with Gasteiger partial charge in [-0.25, -0.2) is 12.8 Å². The zero-order valence-electron chi connectivity index (χ0n) is 13.5. The first-order valence-corrected chi connectivity index (χ1v) is 9.75. The summed E-state index contributed by atoms with van der Waals surface area (Å²) in [5.41, 5.74) is 0. The van der Waals surface area contributed by atoms with E-state index in [4.69, 9.17) is 21.1 Å². The Balaban J connectivity index is 2.16. The molecule has 0 amide bonds. The van der Waals surface area contributed by atoms with Crippen molar-refractivity contribution in [3.63, 3.8) is 0 Å². The zero-order valence-corrected chi connectivity index (χ0v) is 16.7. The average Bonchev–Trinajstić information content (AvgIpc) is 2.55. The lowest BCUT2D eigenvalue weighted by atomic mass is 10.3. The van der Waals surface area contributed by atoms with E-state index in [0.717, 1.165) is 4.31 Å². The molecule has 2 aromatic rings. The number of likely N-dealkylation sites (N-methyl/N-ethyl adjacent to an activating group) is 1. The van der Waals surface area contributed by atoms with E-state index in [2.05, 4.69) is 15.9 Å². The number of benzene rings is 2. The molecule has 0 spiro atoms. The van der Waals surface area contributed by atoms with Crippen molar-refractivity contribution in [2.75, 3.05) is 27.3 Å². The van der Waals surface area contributed by atoms with Crippen LogP contribution >= 0.6 is 27.5 Å². The topological polar surface area (TPSA) is 55.8 Å². The number of sulfonamides is 1. The van der Waals surface area contributed by atoms with Gasteiger partial charge in [-0.2, -0.15) is 4.31 Å². The molecule has 9 heteroatoms. The van der Waals surface area contributed by atoms with Crippen molar-refractivity contribution in [1.29, 1.82) is 0 Å². The second-order valence-corrected chi connectivity index (χ2v) is 8.33. The predicted molar refractivity (Wildman–Crippen MR) is 97.4 cm³/mol. The van der Waals surface area contributed by atoms with Crippen LogP contribution < -0.4 is 9.47 Å². The molecular weight excluding hydrogens is 437 g/mol. The highest BCUT2D eigenvalue weighted by Gasteiger charge is 2.27. The van der Waals surface area contributed by atoms with Gasteiger partial charge in [0.25, 0.3) is 0 Å². The molecule has 0 radical (unpaired) electrons. The van der Waals surface area contributed by atoms with Crippen molar-refractivity contribution >= 4 is 37.6 Å². The second-order valence-electron chi connectivity index (χ2n) is 5.02. The summed E-state index contributed by atoms with van der Waals surface area (Å²) in [6.07, 6.45) is 0. The number of methoxy groups -OCH3 is 1. The summed E-state index contributed by atoms with van der Waals surface area (Å²) in [5.74, 6) is -0.281. The standard InChI is InChI=1S/C16H16BrClFNO4S/c1-20(7-8-24-14-6-4-3-5-13(14)19)25(21,22)15-10-11(18)9-12(17)16(15)23-2/h3-6,9-10H,7-8H2,1-2H3. The van der Waals surface area contributed by atoms with Crippen molar-refractivity contribution in [1.82, 2.24) is 4.31 Å². The molecule has 0 saturated carbocycles. The van der Waals surface area contributed by atoms with Crippen molar-refractivity contribution < 1.29 is 22.3 Å². The fraction of sp³-hybridized carbons (Fsp3) is 0.250. The van der Waals surface area contributed by atoms with Gasteiger partial charge in [0.15, 0.2) is 17.3 Å². The van der Waals surface area contributed by atoms with Crippen LogP contribution in [0.2, 0.25) is 5.02 Å².